The maximum Gasteiger partial charge on any atom is 0.340 e. The molecular formula is C18H22N2O4. The van der Waals surface area contributed by atoms with Crippen molar-refractivity contribution >= 4 is 11.8 Å². The van der Waals surface area contributed by atoms with Crippen molar-refractivity contribution < 1.29 is 19.1 Å². The molecule has 0 N–H and O–H groups in total. The van der Waals surface area contributed by atoms with Crippen molar-refractivity contribution in [1.29, 1.82) is 0 Å². The van der Waals surface area contributed by atoms with Gasteiger partial charge in [0.05, 0.1) is 12.7 Å². The lowest BCUT2D eigenvalue weighted by molar-refractivity contribution is 0.0474. The van der Waals surface area contributed by atoms with E-state index in [1.807, 2.05) is 19.9 Å². The van der Waals surface area contributed by atoms with E-state index in [9.17, 15) is 9.59 Å². The van der Waals surface area contributed by atoms with E-state index >= 15 is 0 Å². The van der Waals surface area contributed by atoms with Gasteiger partial charge in [0, 0.05) is 35.8 Å². The molecule has 0 aliphatic rings. The van der Waals surface area contributed by atoms with Crippen molar-refractivity contribution in [2.24, 2.45) is 0 Å². The summed E-state index contributed by atoms with van der Waals surface area (Å²) in [6, 6.07) is 4.96. The summed E-state index contributed by atoms with van der Waals surface area (Å²) in [5, 5.41) is 0. The highest BCUT2D eigenvalue weighted by atomic mass is 16.5. The summed E-state index contributed by atoms with van der Waals surface area (Å²) in [4.78, 5) is 28.3. The predicted molar refractivity (Wildman–Crippen MR) is 89.6 cm³/mol. The summed E-state index contributed by atoms with van der Waals surface area (Å²) in [5.74, 6) is -0.382. The lowest BCUT2D eigenvalue weighted by Gasteiger charge is -2.08. The van der Waals surface area contributed by atoms with Gasteiger partial charge >= 0.3 is 5.97 Å². The summed E-state index contributed by atoms with van der Waals surface area (Å²) in [7, 11) is 1.49. The largest absolute Gasteiger partial charge is 0.481 e. The molecular weight excluding hydrogens is 308 g/mol. The first-order valence-corrected chi connectivity index (χ1v) is 7.85. The number of carbonyl (C=O) groups excluding carboxylic acids is 2. The fourth-order valence-electron chi connectivity index (χ4n) is 2.57. The number of hydrogen-bond donors (Lipinski definition) is 0. The second-order valence-corrected chi connectivity index (χ2v) is 5.52. The highest BCUT2D eigenvalue weighted by Gasteiger charge is 2.17. The summed E-state index contributed by atoms with van der Waals surface area (Å²) < 4.78 is 12.1. The lowest BCUT2D eigenvalue weighted by Crippen LogP contribution is -2.15. The predicted octanol–water partition coefficient (Wildman–Crippen LogP) is 2.96. The number of pyridine rings is 1. The number of ether oxygens (including phenoxy) is 2. The number of carbonyl (C=O) groups is 2. The number of hydrogen-bond acceptors (Lipinski definition) is 5. The molecule has 0 fully saturated rings. The van der Waals surface area contributed by atoms with Gasteiger partial charge in [0.15, 0.2) is 6.61 Å². The topological polar surface area (TPSA) is 70.4 Å². The molecule has 0 saturated carbocycles. The lowest BCUT2D eigenvalue weighted by atomic mass is 10.1. The zero-order valence-corrected chi connectivity index (χ0v) is 14.5. The van der Waals surface area contributed by atoms with Crippen molar-refractivity contribution in [3.63, 3.8) is 0 Å². The van der Waals surface area contributed by atoms with E-state index in [4.69, 9.17) is 9.47 Å². The molecule has 2 aromatic rings. The molecule has 128 valence electrons. The second-order valence-electron chi connectivity index (χ2n) is 5.52. The van der Waals surface area contributed by atoms with Crippen LogP contribution in [0.1, 0.15) is 45.4 Å². The Hall–Kier alpha value is -2.63. The Morgan fingerprint density at radius 3 is 2.58 bits per heavy atom. The maximum atomic E-state index is 12.3. The monoisotopic (exact) mass is 330 g/mol. The van der Waals surface area contributed by atoms with Crippen LogP contribution in [-0.2, 0) is 11.3 Å². The van der Waals surface area contributed by atoms with Gasteiger partial charge in [0.1, 0.15) is 0 Å². The number of Topliss-reactive ketones (excluding diaryl/α,β-unsaturated/α-hetero) is 1. The number of nitrogens with zero attached hydrogens (tertiary/aromatic N) is 2. The minimum atomic E-state index is -0.583. The molecule has 0 radical (unpaired) electrons. The molecule has 0 spiro atoms. The van der Waals surface area contributed by atoms with E-state index in [2.05, 4.69) is 16.5 Å². The minimum Gasteiger partial charge on any atom is -0.481 e. The maximum absolute atomic E-state index is 12.3. The zero-order valence-electron chi connectivity index (χ0n) is 14.5. The van der Waals surface area contributed by atoms with Crippen molar-refractivity contribution in [3.8, 4) is 5.88 Å². The standard InChI is InChI=1S/C18H22N2O4/c1-5-8-20-12(2)9-15(13(20)3)16(21)11-24-18(22)14-6-7-17(23-4)19-10-14/h6-7,9-10H,5,8,11H2,1-4H3. The van der Waals surface area contributed by atoms with Gasteiger partial charge in [-0.3, -0.25) is 4.79 Å². The first kappa shape index (κ1) is 17.7. The van der Waals surface area contributed by atoms with Crippen LogP contribution >= 0.6 is 0 Å². The van der Waals surface area contributed by atoms with Gasteiger partial charge < -0.3 is 14.0 Å². The molecule has 0 amide bonds. The number of aromatic nitrogens is 2. The molecule has 6 nitrogen and oxygen atoms in total. The SMILES string of the molecule is CCCn1c(C)cc(C(=O)COC(=O)c2ccc(OC)nc2)c1C. The Morgan fingerprint density at radius 2 is 2.00 bits per heavy atom. The molecule has 2 heterocycles. The molecule has 6 heteroatoms. The zero-order chi connectivity index (χ0) is 17.7. The Morgan fingerprint density at radius 1 is 1.25 bits per heavy atom. The third-order valence-corrected chi connectivity index (χ3v) is 3.84. The Labute approximate surface area is 141 Å². The Bertz CT molecular complexity index is 732. The van der Waals surface area contributed by atoms with E-state index < -0.39 is 5.97 Å². The van der Waals surface area contributed by atoms with Crippen LogP contribution in [0, 0.1) is 13.8 Å². The van der Waals surface area contributed by atoms with Crippen molar-refractivity contribution in [2.75, 3.05) is 13.7 Å². The van der Waals surface area contributed by atoms with E-state index in [1.54, 1.807) is 12.1 Å². The average Bonchev–Trinajstić information content (AvgIpc) is 2.88. The van der Waals surface area contributed by atoms with Crippen LogP contribution in [0.3, 0.4) is 0 Å². The van der Waals surface area contributed by atoms with Gasteiger partial charge in [-0.1, -0.05) is 6.92 Å². The fourth-order valence-corrected chi connectivity index (χ4v) is 2.57. The molecule has 0 aliphatic heterocycles. The third-order valence-electron chi connectivity index (χ3n) is 3.84. The molecule has 2 aromatic heterocycles. The normalized spacial score (nSPS) is 10.5. The summed E-state index contributed by atoms with van der Waals surface area (Å²) in [6.07, 6.45) is 2.35. The number of ketones is 1. The van der Waals surface area contributed by atoms with Gasteiger partial charge in [0.2, 0.25) is 11.7 Å². The highest BCUT2D eigenvalue weighted by Crippen LogP contribution is 2.17. The van der Waals surface area contributed by atoms with Crippen LogP contribution < -0.4 is 4.74 Å². The number of rotatable bonds is 7. The van der Waals surface area contributed by atoms with E-state index in [0.29, 0.717) is 11.4 Å². The first-order valence-electron chi connectivity index (χ1n) is 7.85. The van der Waals surface area contributed by atoms with Crippen molar-refractivity contribution in [3.05, 3.63) is 46.9 Å². The van der Waals surface area contributed by atoms with Crippen LogP contribution in [0.25, 0.3) is 0 Å². The smallest absolute Gasteiger partial charge is 0.340 e. The van der Waals surface area contributed by atoms with Crippen LogP contribution in [0.2, 0.25) is 0 Å². The molecule has 0 atom stereocenters. The Kier molecular flexibility index (Phi) is 5.73. The summed E-state index contributed by atoms with van der Waals surface area (Å²) in [5.41, 5.74) is 2.81. The molecule has 0 bridgehead atoms. The van der Waals surface area contributed by atoms with Gasteiger partial charge in [-0.05, 0) is 32.4 Å². The average molecular weight is 330 g/mol. The van der Waals surface area contributed by atoms with Crippen LogP contribution in [-0.4, -0.2) is 35.0 Å². The second kappa shape index (κ2) is 7.77. The van der Waals surface area contributed by atoms with Gasteiger partial charge in [0.25, 0.3) is 0 Å². The van der Waals surface area contributed by atoms with E-state index in [0.717, 1.165) is 24.4 Å². The summed E-state index contributed by atoms with van der Waals surface area (Å²) in [6.45, 7) is 6.54. The van der Waals surface area contributed by atoms with Crippen molar-refractivity contribution in [1.82, 2.24) is 9.55 Å². The molecule has 0 unspecified atom stereocenters. The van der Waals surface area contributed by atoms with Crippen molar-refractivity contribution in [2.45, 2.75) is 33.7 Å². The molecule has 0 saturated heterocycles. The highest BCUT2D eigenvalue weighted by molar-refractivity contribution is 6.00. The van der Waals surface area contributed by atoms with Crippen LogP contribution in [0.15, 0.2) is 24.4 Å². The van der Waals surface area contributed by atoms with Gasteiger partial charge in [-0.15, -0.1) is 0 Å². The molecule has 2 rings (SSSR count). The minimum absolute atomic E-state index is 0.208. The van der Waals surface area contributed by atoms with Crippen LogP contribution in [0.5, 0.6) is 5.88 Å². The van der Waals surface area contributed by atoms with Gasteiger partial charge in [-0.2, -0.15) is 0 Å². The van der Waals surface area contributed by atoms with E-state index in [-0.39, 0.29) is 18.0 Å². The Balaban J connectivity index is 2.02. The fraction of sp³-hybridized carbons (Fsp3) is 0.389. The third kappa shape index (κ3) is 3.82. The quantitative estimate of drug-likeness (QED) is 0.576. The number of aryl methyl sites for hydroxylation is 1. The molecule has 0 aliphatic carbocycles. The molecule has 0 aromatic carbocycles. The number of methoxy groups -OCH3 is 1. The summed E-state index contributed by atoms with van der Waals surface area (Å²) >= 11 is 0. The van der Waals surface area contributed by atoms with E-state index in [1.165, 1.54) is 13.3 Å². The van der Waals surface area contributed by atoms with Gasteiger partial charge in [-0.25, -0.2) is 9.78 Å². The molecule has 24 heavy (non-hydrogen) atoms. The first-order chi connectivity index (χ1) is 11.5. The van der Waals surface area contributed by atoms with Crippen LogP contribution in [0.4, 0.5) is 0 Å². The number of esters is 1.